The van der Waals surface area contributed by atoms with Gasteiger partial charge in [-0.15, -0.1) is 0 Å². The number of piperazine rings is 1. The van der Waals surface area contributed by atoms with Gasteiger partial charge in [0.15, 0.2) is 0 Å². The number of amides is 2. The molecular weight excluding hydrogens is 330 g/mol. The lowest BCUT2D eigenvalue weighted by Gasteiger charge is -2.26. The Labute approximate surface area is 144 Å². The average Bonchev–Trinajstić information content (AvgIpc) is 2.62. The fraction of sp³-hybridized carbons (Fsp3) is 0.467. The summed E-state index contributed by atoms with van der Waals surface area (Å²) in [7, 11) is 1.32. The van der Waals surface area contributed by atoms with Gasteiger partial charge in [0.1, 0.15) is 5.75 Å². The Bertz CT molecular complexity index is 645. The topological polar surface area (TPSA) is 126 Å². The van der Waals surface area contributed by atoms with E-state index in [1.807, 2.05) is 0 Å². The molecule has 10 nitrogen and oxygen atoms in total. The molecule has 1 heterocycles. The van der Waals surface area contributed by atoms with Crippen LogP contribution in [0.5, 0.6) is 5.75 Å². The normalized spacial score (nSPS) is 14.6. The summed E-state index contributed by atoms with van der Waals surface area (Å²) in [4.78, 5) is 36.2. The first-order valence-corrected chi connectivity index (χ1v) is 7.86. The smallest absolute Gasteiger partial charge is 0.313 e. The number of carbonyl (C=O) groups excluding carboxylic acids is 2. The number of non-ortho nitro benzene ring substituents is 1. The van der Waals surface area contributed by atoms with E-state index in [4.69, 9.17) is 4.74 Å². The van der Waals surface area contributed by atoms with Crippen LogP contribution in [0.1, 0.15) is 0 Å². The van der Waals surface area contributed by atoms with E-state index in [1.165, 1.54) is 25.3 Å². The molecule has 0 saturated carbocycles. The lowest BCUT2D eigenvalue weighted by Crippen LogP contribution is -2.47. The van der Waals surface area contributed by atoms with Gasteiger partial charge in [-0.3, -0.25) is 24.6 Å². The number of nitrogens with zero attached hydrogens (tertiary/aromatic N) is 2. The molecule has 0 aliphatic carbocycles. The van der Waals surface area contributed by atoms with Crippen molar-refractivity contribution in [3.8, 4) is 5.75 Å². The van der Waals surface area contributed by atoms with Crippen molar-refractivity contribution in [2.24, 2.45) is 0 Å². The number of methoxy groups -OCH3 is 1. The van der Waals surface area contributed by atoms with E-state index in [1.54, 1.807) is 0 Å². The summed E-state index contributed by atoms with van der Waals surface area (Å²) in [5.74, 6) is -1.51. The molecule has 1 aliphatic rings. The van der Waals surface area contributed by atoms with Crippen LogP contribution < -0.4 is 20.7 Å². The quantitative estimate of drug-likeness (QED) is 0.360. The Morgan fingerprint density at radius 3 is 2.68 bits per heavy atom. The van der Waals surface area contributed by atoms with Gasteiger partial charge >= 0.3 is 11.8 Å². The first-order chi connectivity index (χ1) is 12.0. The van der Waals surface area contributed by atoms with Crippen LogP contribution in [-0.4, -0.2) is 68.0 Å². The summed E-state index contributed by atoms with van der Waals surface area (Å²) in [5, 5.41) is 18.9. The van der Waals surface area contributed by atoms with Crippen LogP contribution >= 0.6 is 0 Å². The molecule has 1 fully saturated rings. The van der Waals surface area contributed by atoms with Gasteiger partial charge in [-0.2, -0.15) is 0 Å². The third kappa shape index (κ3) is 5.40. The molecule has 0 atom stereocenters. The van der Waals surface area contributed by atoms with Crippen LogP contribution in [0.3, 0.4) is 0 Å². The molecule has 10 heteroatoms. The van der Waals surface area contributed by atoms with E-state index in [0.29, 0.717) is 13.1 Å². The van der Waals surface area contributed by atoms with E-state index >= 15 is 0 Å². The predicted molar refractivity (Wildman–Crippen MR) is 90.6 cm³/mol. The van der Waals surface area contributed by atoms with Crippen LogP contribution in [-0.2, 0) is 9.59 Å². The molecule has 0 radical (unpaired) electrons. The van der Waals surface area contributed by atoms with Crippen LogP contribution in [0.4, 0.5) is 11.4 Å². The van der Waals surface area contributed by atoms with Crippen molar-refractivity contribution >= 4 is 23.2 Å². The standard InChI is InChI=1S/C15H21N5O5/c1-25-13-10-11(20(23)24)2-3-12(13)18-15(22)14(21)17-6-9-19-7-4-16-5-8-19/h2-3,10,16H,4-9H2,1H3,(H,17,21)(H,18,22). The molecule has 0 aromatic heterocycles. The SMILES string of the molecule is COc1cc([N+](=O)[O-])ccc1NC(=O)C(=O)NCCN1CCNCC1. The molecule has 1 aromatic rings. The van der Waals surface area contributed by atoms with E-state index in [2.05, 4.69) is 20.9 Å². The largest absolute Gasteiger partial charge is 0.494 e. The first-order valence-electron chi connectivity index (χ1n) is 7.86. The molecule has 1 aromatic carbocycles. The third-order valence-corrected chi connectivity index (χ3v) is 3.77. The highest BCUT2D eigenvalue weighted by Gasteiger charge is 2.18. The zero-order chi connectivity index (χ0) is 18.2. The van der Waals surface area contributed by atoms with Gasteiger partial charge in [0.2, 0.25) is 0 Å². The van der Waals surface area contributed by atoms with Crippen molar-refractivity contribution in [2.75, 3.05) is 51.7 Å². The van der Waals surface area contributed by atoms with Crippen molar-refractivity contribution in [2.45, 2.75) is 0 Å². The molecule has 25 heavy (non-hydrogen) atoms. The number of nitro groups is 1. The lowest BCUT2D eigenvalue weighted by atomic mass is 10.2. The zero-order valence-electron chi connectivity index (χ0n) is 13.9. The maximum atomic E-state index is 11.9. The van der Waals surface area contributed by atoms with Crippen molar-refractivity contribution in [3.05, 3.63) is 28.3 Å². The molecule has 3 N–H and O–H groups in total. The maximum absolute atomic E-state index is 11.9. The second kappa shape index (κ2) is 8.94. The molecule has 0 spiro atoms. The Balaban J connectivity index is 1.85. The van der Waals surface area contributed by atoms with Crippen LogP contribution in [0.25, 0.3) is 0 Å². The number of hydrogen-bond donors (Lipinski definition) is 3. The van der Waals surface area contributed by atoms with Crippen molar-refractivity contribution in [3.63, 3.8) is 0 Å². The van der Waals surface area contributed by atoms with Gasteiger partial charge in [-0.25, -0.2) is 0 Å². The van der Waals surface area contributed by atoms with Crippen LogP contribution in [0.15, 0.2) is 18.2 Å². The Morgan fingerprint density at radius 2 is 2.04 bits per heavy atom. The number of rotatable bonds is 6. The number of carbonyl (C=O) groups is 2. The number of nitro benzene ring substituents is 1. The highest BCUT2D eigenvalue weighted by Crippen LogP contribution is 2.28. The highest BCUT2D eigenvalue weighted by molar-refractivity contribution is 6.39. The molecule has 2 amide bonds. The van der Waals surface area contributed by atoms with Gasteiger partial charge in [0.25, 0.3) is 5.69 Å². The fourth-order valence-corrected chi connectivity index (χ4v) is 2.42. The van der Waals surface area contributed by atoms with Crippen molar-refractivity contribution < 1.29 is 19.2 Å². The molecule has 1 aliphatic heterocycles. The van der Waals surface area contributed by atoms with Gasteiger partial charge in [-0.1, -0.05) is 0 Å². The molecule has 1 saturated heterocycles. The summed E-state index contributed by atoms with van der Waals surface area (Å²) >= 11 is 0. The minimum absolute atomic E-state index is 0.108. The molecule has 2 rings (SSSR count). The number of benzene rings is 1. The Morgan fingerprint density at radius 1 is 1.32 bits per heavy atom. The summed E-state index contributed by atoms with van der Waals surface area (Å²) in [5.41, 5.74) is 0.0191. The minimum Gasteiger partial charge on any atom is -0.494 e. The van der Waals surface area contributed by atoms with Gasteiger partial charge in [0, 0.05) is 45.3 Å². The number of ether oxygens (including phenoxy) is 1. The van der Waals surface area contributed by atoms with Gasteiger partial charge < -0.3 is 20.7 Å². The number of nitrogens with one attached hydrogen (secondary N) is 3. The van der Waals surface area contributed by atoms with Crippen molar-refractivity contribution in [1.29, 1.82) is 0 Å². The third-order valence-electron chi connectivity index (χ3n) is 3.77. The Hall–Kier alpha value is -2.72. The van der Waals surface area contributed by atoms with Crippen molar-refractivity contribution in [1.82, 2.24) is 15.5 Å². The lowest BCUT2D eigenvalue weighted by molar-refractivity contribution is -0.384. The average molecular weight is 351 g/mol. The van der Waals surface area contributed by atoms with E-state index in [9.17, 15) is 19.7 Å². The van der Waals surface area contributed by atoms with E-state index in [0.717, 1.165) is 26.2 Å². The fourth-order valence-electron chi connectivity index (χ4n) is 2.42. The molecular formula is C15H21N5O5. The first kappa shape index (κ1) is 18.6. The molecule has 0 unspecified atom stereocenters. The second-order valence-electron chi connectivity index (χ2n) is 5.44. The molecule has 136 valence electrons. The van der Waals surface area contributed by atoms with Gasteiger partial charge in [0.05, 0.1) is 23.8 Å². The maximum Gasteiger partial charge on any atom is 0.313 e. The Kier molecular flexibility index (Phi) is 6.66. The molecule has 0 bridgehead atoms. The number of hydrogen-bond acceptors (Lipinski definition) is 7. The second-order valence-corrected chi connectivity index (χ2v) is 5.44. The highest BCUT2D eigenvalue weighted by atomic mass is 16.6. The number of anilines is 1. The van der Waals surface area contributed by atoms with Crippen LogP contribution in [0.2, 0.25) is 0 Å². The summed E-state index contributed by atoms with van der Waals surface area (Å²) in [6, 6.07) is 3.72. The summed E-state index contributed by atoms with van der Waals surface area (Å²) in [6.07, 6.45) is 0. The zero-order valence-corrected chi connectivity index (χ0v) is 13.9. The van der Waals surface area contributed by atoms with Gasteiger partial charge in [-0.05, 0) is 6.07 Å². The predicted octanol–water partition coefficient (Wildman–Crippen LogP) is -0.437. The monoisotopic (exact) mass is 351 g/mol. The van der Waals surface area contributed by atoms with E-state index in [-0.39, 0.29) is 17.1 Å². The minimum atomic E-state index is -0.854. The summed E-state index contributed by atoms with van der Waals surface area (Å²) in [6.45, 7) is 4.66. The van der Waals surface area contributed by atoms with E-state index < -0.39 is 16.7 Å². The summed E-state index contributed by atoms with van der Waals surface area (Å²) < 4.78 is 5.01. The van der Waals surface area contributed by atoms with Crippen LogP contribution in [0, 0.1) is 10.1 Å².